The topological polar surface area (TPSA) is 72.5 Å². The summed E-state index contributed by atoms with van der Waals surface area (Å²) in [6, 6.07) is 6.43. The summed E-state index contributed by atoms with van der Waals surface area (Å²) in [6.07, 6.45) is 0. The van der Waals surface area contributed by atoms with Gasteiger partial charge in [-0.3, -0.25) is 4.72 Å². The highest BCUT2D eigenvalue weighted by atomic mass is 79.9. The quantitative estimate of drug-likeness (QED) is 0.833. The van der Waals surface area contributed by atoms with Gasteiger partial charge in [-0.15, -0.1) is 11.3 Å². The van der Waals surface area contributed by atoms with Crippen LogP contribution in [0.1, 0.15) is 10.4 Å². The third-order valence-corrected chi connectivity index (χ3v) is 5.56. The number of carbonyl (C=O) groups excluding carboxylic acids is 1. The largest absolute Gasteiger partial charge is 0.465 e. The summed E-state index contributed by atoms with van der Waals surface area (Å²) in [5.41, 5.74) is 0.394. The van der Waals surface area contributed by atoms with Gasteiger partial charge in [-0.1, -0.05) is 12.1 Å². The summed E-state index contributed by atoms with van der Waals surface area (Å²) < 4.78 is 32.0. The Bertz CT molecular complexity index is 739. The van der Waals surface area contributed by atoms with E-state index in [4.69, 9.17) is 0 Å². The molecule has 2 rings (SSSR count). The number of thiophene rings is 1. The molecular formula is C12H10BrNO4S2. The van der Waals surface area contributed by atoms with Gasteiger partial charge in [0.15, 0.2) is 0 Å². The Kier molecular flexibility index (Phi) is 4.46. The van der Waals surface area contributed by atoms with Crippen LogP contribution in [0.5, 0.6) is 0 Å². The van der Waals surface area contributed by atoms with Crippen LogP contribution in [0.4, 0.5) is 5.69 Å². The van der Waals surface area contributed by atoms with Crippen LogP contribution in [0.25, 0.3) is 0 Å². The van der Waals surface area contributed by atoms with Crippen molar-refractivity contribution in [1.29, 1.82) is 0 Å². The van der Waals surface area contributed by atoms with Crippen molar-refractivity contribution >= 4 is 48.9 Å². The van der Waals surface area contributed by atoms with Crippen LogP contribution in [0.15, 0.2) is 44.4 Å². The molecule has 0 bridgehead atoms. The third kappa shape index (κ3) is 3.02. The number of halogens is 1. The lowest BCUT2D eigenvalue weighted by Gasteiger charge is -2.09. The smallest absolute Gasteiger partial charge is 0.340 e. The van der Waals surface area contributed by atoms with Crippen molar-refractivity contribution in [2.75, 3.05) is 11.8 Å². The fourth-order valence-electron chi connectivity index (χ4n) is 1.51. The van der Waals surface area contributed by atoms with E-state index in [0.717, 1.165) is 0 Å². The predicted octanol–water partition coefficient (Wildman–Crippen LogP) is 3.10. The van der Waals surface area contributed by atoms with Crippen LogP contribution in [-0.2, 0) is 14.8 Å². The molecule has 1 N–H and O–H groups in total. The number of esters is 1. The first-order valence-electron chi connectivity index (χ1n) is 5.37. The number of methoxy groups -OCH3 is 1. The standard InChI is InChI=1S/C12H10BrNO4S2/c1-18-12(15)8-6-19-7-10(8)14-20(16,17)11-5-3-2-4-9(11)13/h2-7,14H,1H3. The average Bonchev–Trinajstić information content (AvgIpc) is 2.85. The van der Waals surface area contributed by atoms with E-state index in [0.29, 0.717) is 4.47 Å². The fraction of sp³-hybridized carbons (Fsp3) is 0.0833. The van der Waals surface area contributed by atoms with E-state index in [-0.39, 0.29) is 16.1 Å². The van der Waals surface area contributed by atoms with E-state index in [1.54, 1.807) is 23.6 Å². The van der Waals surface area contributed by atoms with E-state index in [1.807, 2.05) is 0 Å². The monoisotopic (exact) mass is 375 g/mol. The highest BCUT2D eigenvalue weighted by molar-refractivity contribution is 9.10. The van der Waals surface area contributed by atoms with E-state index >= 15 is 0 Å². The van der Waals surface area contributed by atoms with E-state index < -0.39 is 16.0 Å². The summed E-state index contributed by atoms with van der Waals surface area (Å²) in [5.74, 6) is -0.587. The molecule has 1 heterocycles. The van der Waals surface area contributed by atoms with E-state index in [1.165, 1.54) is 29.9 Å². The molecule has 0 fully saturated rings. The number of hydrogen-bond donors (Lipinski definition) is 1. The Morgan fingerprint density at radius 1 is 1.30 bits per heavy atom. The molecule has 0 radical (unpaired) electrons. The van der Waals surface area contributed by atoms with Gasteiger partial charge < -0.3 is 4.74 Å². The van der Waals surface area contributed by atoms with Gasteiger partial charge in [0.25, 0.3) is 10.0 Å². The maximum absolute atomic E-state index is 12.3. The number of sulfonamides is 1. The van der Waals surface area contributed by atoms with Gasteiger partial charge in [0.2, 0.25) is 0 Å². The minimum Gasteiger partial charge on any atom is -0.465 e. The van der Waals surface area contributed by atoms with Gasteiger partial charge in [-0.25, -0.2) is 13.2 Å². The highest BCUT2D eigenvalue weighted by Gasteiger charge is 2.21. The van der Waals surface area contributed by atoms with Gasteiger partial charge in [0.05, 0.1) is 18.4 Å². The van der Waals surface area contributed by atoms with Crippen molar-refractivity contribution in [3.63, 3.8) is 0 Å². The molecule has 0 saturated carbocycles. The normalized spacial score (nSPS) is 11.1. The van der Waals surface area contributed by atoms with Gasteiger partial charge in [-0.2, -0.15) is 0 Å². The molecule has 0 aliphatic carbocycles. The fourth-order valence-corrected chi connectivity index (χ4v) is 4.41. The van der Waals surface area contributed by atoms with Gasteiger partial charge in [0.1, 0.15) is 4.90 Å². The summed E-state index contributed by atoms with van der Waals surface area (Å²) in [4.78, 5) is 11.6. The number of nitrogens with one attached hydrogen (secondary N) is 1. The minimum absolute atomic E-state index is 0.0991. The number of benzene rings is 1. The second-order valence-corrected chi connectivity index (χ2v) is 6.98. The number of carbonyl (C=O) groups is 1. The molecule has 20 heavy (non-hydrogen) atoms. The van der Waals surface area contributed by atoms with Crippen molar-refractivity contribution in [3.8, 4) is 0 Å². The third-order valence-electron chi connectivity index (χ3n) is 2.44. The average molecular weight is 376 g/mol. The molecule has 1 aromatic carbocycles. The molecule has 106 valence electrons. The molecule has 8 heteroatoms. The van der Waals surface area contributed by atoms with Crippen LogP contribution in [0.3, 0.4) is 0 Å². The molecule has 0 aliphatic heterocycles. The molecule has 0 unspecified atom stereocenters. The van der Waals surface area contributed by atoms with E-state index in [2.05, 4.69) is 25.4 Å². The molecule has 2 aromatic rings. The van der Waals surface area contributed by atoms with E-state index in [9.17, 15) is 13.2 Å². The van der Waals surface area contributed by atoms with Gasteiger partial charge >= 0.3 is 5.97 Å². The Labute approximate surface area is 128 Å². The molecule has 0 aliphatic rings. The van der Waals surface area contributed by atoms with Crippen LogP contribution in [0.2, 0.25) is 0 Å². The number of ether oxygens (including phenoxy) is 1. The zero-order valence-electron chi connectivity index (χ0n) is 10.3. The Hall–Kier alpha value is -1.38. The zero-order valence-corrected chi connectivity index (χ0v) is 13.5. The van der Waals surface area contributed by atoms with Crippen LogP contribution in [-0.4, -0.2) is 21.5 Å². The van der Waals surface area contributed by atoms with Crippen molar-refractivity contribution in [2.24, 2.45) is 0 Å². The molecule has 5 nitrogen and oxygen atoms in total. The predicted molar refractivity (Wildman–Crippen MR) is 80.6 cm³/mol. The molecule has 0 saturated heterocycles. The van der Waals surface area contributed by atoms with Crippen LogP contribution < -0.4 is 4.72 Å². The molecular weight excluding hydrogens is 366 g/mol. The molecule has 0 amide bonds. The highest BCUT2D eigenvalue weighted by Crippen LogP contribution is 2.27. The maximum Gasteiger partial charge on any atom is 0.340 e. The lowest BCUT2D eigenvalue weighted by molar-refractivity contribution is 0.0602. The first-order chi connectivity index (χ1) is 9.45. The van der Waals surface area contributed by atoms with Crippen molar-refractivity contribution < 1.29 is 17.9 Å². The van der Waals surface area contributed by atoms with Crippen molar-refractivity contribution in [2.45, 2.75) is 4.90 Å². The van der Waals surface area contributed by atoms with Gasteiger partial charge in [-0.05, 0) is 28.1 Å². The summed E-state index contributed by atoms with van der Waals surface area (Å²) in [6.45, 7) is 0. The zero-order chi connectivity index (χ0) is 14.8. The Morgan fingerprint density at radius 3 is 2.65 bits per heavy atom. The lowest BCUT2D eigenvalue weighted by Crippen LogP contribution is -2.15. The van der Waals surface area contributed by atoms with Gasteiger partial charge in [0, 0.05) is 15.2 Å². The SMILES string of the molecule is COC(=O)c1cscc1NS(=O)(=O)c1ccccc1Br. The summed E-state index contributed by atoms with van der Waals surface area (Å²) >= 11 is 4.40. The van der Waals surface area contributed by atoms with Crippen LogP contribution >= 0.6 is 27.3 Å². The lowest BCUT2D eigenvalue weighted by atomic mass is 10.3. The maximum atomic E-state index is 12.3. The Balaban J connectivity index is 2.37. The minimum atomic E-state index is -3.78. The molecule has 1 aromatic heterocycles. The summed E-state index contributed by atoms with van der Waals surface area (Å²) in [5, 5.41) is 3.07. The first kappa shape index (κ1) is 15.0. The Morgan fingerprint density at radius 2 is 2.00 bits per heavy atom. The summed E-state index contributed by atoms with van der Waals surface area (Å²) in [7, 11) is -2.53. The number of hydrogen-bond acceptors (Lipinski definition) is 5. The number of rotatable bonds is 4. The second-order valence-electron chi connectivity index (χ2n) is 3.73. The molecule has 0 spiro atoms. The second kappa shape index (κ2) is 5.94. The van der Waals surface area contributed by atoms with Crippen molar-refractivity contribution in [1.82, 2.24) is 0 Å². The van der Waals surface area contributed by atoms with Crippen LogP contribution in [0, 0.1) is 0 Å². The first-order valence-corrected chi connectivity index (χ1v) is 8.59. The number of anilines is 1. The molecule has 0 atom stereocenters. The van der Waals surface area contributed by atoms with Crippen molar-refractivity contribution in [3.05, 3.63) is 45.1 Å².